The predicted molar refractivity (Wildman–Crippen MR) is 158 cm³/mol. The van der Waals surface area contributed by atoms with Gasteiger partial charge in [-0.1, -0.05) is 35.3 Å². The lowest BCUT2D eigenvalue weighted by Gasteiger charge is -2.34. The molecule has 0 bridgehead atoms. The van der Waals surface area contributed by atoms with E-state index in [0.29, 0.717) is 27.4 Å². The smallest absolute Gasteiger partial charge is 0.354 e. The molecule has 0 aliphatic carbocycles. The molecule has 230 valence electrons. The van der Waals surface area contributed by atoms with E-state index in [1.807, 2.05) is 0 Å². The van der Waals surface area contributed by atoms with Crippen molar-refractivity contribution in [3.8, 4) is 5.82 Å². The maximum Gasteiger partial charge on any atom is 0.416 e. The molecule has 3 heterocycles. The normalized spacial score (nSPS) is 15.5. The minimum absolute atomic E-state index is 0.000937. The third-order valence-corrected chi connectivity index (χ3v) is 8.13. The molecule has 1 aliphatic rings. The molecule has 2 aromatic carbocycles. The van der Waals surface area contributed by atoms with Crippen LogP contribution in [-0.4, -0.2) is 49.6 Å². The molecular formula is C29H26Cl2F3N7O3. The Bertz CT molecular complexity index is 1810. The lowest BCUT2D eigenvalue weighted by atomic mass is 9.98. The van der Waals surface area contributed by atoms with Gasteiger partial charge in [-0.3, -0.25) is 19.5 Å². The first-order chi connectivity index (χ1) is 20.8. The topological polar surface area (TPSA) is 125 Å². The van der Waals surface area contributed by atoms with E-state index in [1.165, 1.54) is 41.9 Å². The highest BCUT2D eigenvalue weighted by molar-refractivity contribution is 6.42. The lowest BCUT2D eigenvalue weighted by Crippen LogP contribution is -2.46. The minimum atomic E-state index is -4.49. The van der Waals surface area contributed by atoms with Crippen molar-refractivity contribution < 1.29 is 22.8 Å². The average Bonchev–Trinajstić information content (AvgIpc) is 3.47. The van der Waals surface area contributed by atoms with Gasteiger partial charge in [0.15, 0.2) is 5.82 Å². The summed E-state index contributed by atoms with van der Waals surface area (Å²) in [5.74, 6) is -0.691. The number of hydrogen-bond donors (Lipinski definition) is 3. The fourth-order valence-electron chi connectivity index (χ4n) is 4.95. The molecule has 0 saturated heterocycles. The van der Waals surface area contributed by atoms with Crippen molar-refractivity contribution in [3.63, 3.8) is 0 Å². The lowest BCUT2D eigenvalue weighted by molar-refractivity contribution is -0.137. The molecule has 2 amide bonds. The Balaban J connectivity index is 1.56. The Morgan fingerprint density at radius 1 is 1.09 bits per heavy atom. The summed E-state index contributed by atoms with van der Waals surface area (Å²) < 4.78 is 40.5. The van der Waals surface area contributed by atoms with Crippen LogP contribution in [0, 0.1) is 0 Å². The number of nitrogens with zero attached hydrogens (tertiary/aromatic N) is 4. The first-order valence-electron chi connectivity index (χ1n) is 13.4. The van der Waals surface area contributed by atoms with Crippen LogP contribution in [0.1, 0.15) is 63.1 Å². The summed E-state index contributed by atoms with van der Waals surface area (Å²) in [5, 5.41) is 12.9. The van der Waals surface area contributed by atoms with Crippen molar-refractivity contribution in [1.29, 1.82) is 0 Å². The first kappa shape index (κ1) is 31.1. The number of alkyl halides is 3. The van der Waals surface area contributed by atoms with Crippen molar-refractivity contribution in [2.24, 2.45) is 0 Å². The Labute approximate surface area is 259 Å². The van der Waals surface area contributed by atoms with Gasteiger partial charge in [0.1, 0.15) is 5.69 Å². The number of carbonyl (C=O) groups is 2. The molecular weight excluding hydrogens is 622 g/mol. The third-order valence-electron chi connectivity index (χ3n) is 7.39. The molecule has 44 heavy (non-hydrogen) atoms. The van der Waals surface area contributed by atoms with E-state index in [2.05, 4.69) is 20.8 Å². The number of nitrogens with one attached hydrogen (secondary N) is 3. The monoisotopic (exact) mass is 647 g/mol. The van der Waals surface area contributed by atoms with Crippen molar-refractivity contribution in [2.45, 2.75) is 45.1 Å². The summed E-state index contributed by atoms with van der Waals surface area (Å²) in [5.41, 5.74) is 0.331. The molecule has 5 rings (SSSR count). The summed E-state index contributed by atoms with van der Waals surface area (Å²) in [6, 6.07) is 9.55. The number of H-pyrrole nitrogens is 1. The van der Waals surface area contributed by atoms with Gasteiger partial charge in [-0.25, -0.2) is 9.55 Å². The number of rotatable bonds is 6. The molecule has 0 spiro atoms. The molecule has 0 fully saturated rings. The summed E-state index contributed by atoms with van der Waals surface area (Å²) in [6.07, 6.45) is -4.31. The maximum atomic E-state index is 14.0. The van der Waals surface area contributed by atoms with E-state index in [9.17, 15) is 27.6 Å². The summed E-state index contributed by atoms with van der Waals surface area (Å²) in [4.78, 5) is 45.9. The molecule has 15 heteroatoms. The van der Waals surface area contributed by atoms with Crippen LogP contribution in [0.5, 0.6) is 0 Å². The van der Waals surface area contributed by atoms with Crippen LogP contribution < -0.4 is 16.2 Å². The minimum Gasteiger partial charge on any atom is -0.354 e. The molecule has 3 N–H and O–H groups in total. The highest BCUT2D eigenvalue weighted by atomic mass is 35.5. The molecule has 0 radical (unpaired) electrons. The summed E-state index contributed by atoms with van der Waals surface area (Å²) >= 11 is 12.2. The first-order valence-corrected chi connectivity index (χ1v) is 14.2. The number of aromatic nitrogens is 4. The second-order valence-corrected chi connectivity index (χ2v) is 11.1. The van der Waals surface area contributed by atoms with Gasteiger partial charge in [0.2, 0.25) is 5.95 Å². The fourth-order valence-corrected chi connectivity index (χ4v) is 5.25. The highest BCUT2D eigenvalue weighted by Gasteiger charge is 2.33. The van der Waals surface area contributed by atoms with Crippen molar-refractivity contribution in [2.75, 3.05) is 12.4 Å². The third kappa shape index (κ3) is 6.02. The molecule has 0 unspecified atom stereocenters. The van der Waals surface area contributed by atoms with Gasteiger partial charge >= 0.3 is 6.18 Å². The second kappa shape index (κ2) is 12.0. The standard InChI is InChI=1S/C29H26Cl2F3N7O3/c1-14-10-19-23(13-40(14)26(43)17-6-9-20(30)21(31)11-17)37-28(36-15(2)16-4-7-18(8-5-16)29(32,33)34)41(27(19)44)24-12-22(38-39-24)25(42)35-3/h4-9,11-12,14-15H,10,13H2,1-3H3,(H,35,42)(H,36,37)(H,38,39)/t14-,15+/m1/s1. The SMILES string of the molecule is CNC(=O)c1cc(-n2c(N[C@@H](C)c3ccc(C(F)(F)F)cc3)nc3c(c2=O)C[C@@H](C)N(C(=O)c2ccc(Cl)c(Cl)c2)C3)n[nH]1. The van der Waals surface area contributed by atoms with Crippen LogP contribution in [0.3, 0.4) is 0 Å². The van der Waals surface area contributed by atoms with Crippen LogP contribution in [0.25, 0.3) is 5.82 Å². The number of anilines is 1. The zero-order valence-corrected chi connectivity index (χ0v) is 25.1. The van der Waals surface area contributed by atoms with Crippen LogP contribution >= 0.6 is 23.2 Å². The van der Waals surface area contributed by atoms with Crippen molar-refractivity contribution in [3.05, 3.63) is 103 Å². The zero-order valence-electron chi connectivity index (χ0n) is 23.6. The summed E-state index contributed by atoms with van der Waals surface area (Å²) in [6.45, 7) is 3.50. The van der Waals surface area contributed by atoms with Gasteiger partial charge < -0.3 is 15.5 Å². The number of fused-ring (bicyclic) bond motifs is 1. The Hall–Kier alpha value is -4.36. The molecule has 4 aromatic rings. The van der Waals surface area contributed by atoms with Crippen molar-refractivity contribution >= 4 is 41.0 Å². The highest BCUT2D eigenvalue weighted by Crippen LogP contribution is 2.31. The Morgan fingerprint density at radius 3 is 2.43 bits per heavy atom. The van der Waals surface area contributed by atoms with Crippen LogP contribution in [0.2, 0.25) is 10.0 Å². The maximum absolute atomic E-state index is 14.0. The van der Waals surface area contributed by atoms with E-state index in [0.717, 1.165) is 12.1 Å². The van der Waals surface area contributed by atoms with Crippen LogP contribution in [0.4, 0.5) is 19.1 Å². The van der Waals surface area contributed by atoms with Gasteiger partial charge in [-0.15, -0.1) is 0 Å². The van der Waals surface area contributed by atoms with E-state index in [1.54, 1.807) is 24.8 Å². The van der Waals surface area contributed by atoms with Crippen LogP contribution in [0.15, 0.2) is 53.3 Å². The summed E-state index contributed by atoms with van der Waals surface area (Å²) in [7, 11) is 1.45. The molecule has 10 nitrogen and oxygen atoms in total. The number of carbonyl (C=O) groups excluding carboxylic acids is 2. The second-order valence-electron chi connectivity index (χ2n) is 10.3. The Morgan fingerprint density at radius 2 is 1.80 bits per heavy atom. The largest absolute Gasteiger partial charge is 0.416 e. The van der Waals surface area contributed by atoms with Gasteiger partial charge in [-0.2, -0.15) is 18.3 Å². The number of aromatic amines is 1. The van der Waals surface area contributed by atoms with Gasteiger partial charge in [0.05, 0.1) is 33.9 Å². The van der Waals surface area contributed by atoms with Gasteiger partial charge in [-0.05, 0) is 56.2 Å². The average molecular weight is 648 g/mol. The number of amides is 2. The van der Waals surface area contributed by atoms with E-state index < -0.39 is 35.3 Å². The quantitative estimate of drug-likeness (QED) is 0.257. The molecule has 2 atom stereocenters. The van der Waals surface area contributed by atoms with Crippen molar-refractivity contribution in [1.82, 2.24) is 30.0 Å². The molecule has 1 aliphatic heterocycles. The molecule has 2 aromatic heterocycles. The van der Waals surface area contributed by atoms with E-state index in [-0.39, 0.29) is 41.4 Å². The zero-order chi connectivity index (χ0) is 31.9. The van der Waals surface area contributed by atoms with Crippen LogP contribution in [-0.2, 0) is 19.1 Å². The predicted octanol–water partition coefficient (Wildman–Crippen LogP) is 5.40. The number of hydrogen-bond acceptors (Lipinski definition) is 6. The van der Waals surface area contributed by atoms with Gasteiger partial charge in [0, 0.05) is 30.3 Å². The van der Waals surface area contributed by atoms with E-state index in [4.69, 9.17) is 28.2 Å². The Kier molecular flexibility index (Phi) is 8.45. The van der Waals surface area contributed by atoms with E-state index >= 15 is 0 Å². The van der Waals surface area contributed by atoms with Gasteiger partial charge in [0.25, 0.3) is 17.4 Å². The molecule has 0 saturated carbocycles. The number of halogens is 5. The fraction of sp³-hybridized carbons (Fsp3) is 0.276. The number of benzene rings is 2.